The van der Waals surface area contributed by atoms with E-state index in [9.17, 15) is 0 Å². The summed E-state index contributed by atoms with van der Waals surface area (Å²) in [5.74, 6) is 0. The van der Waals surface area contributed by atoms with Gasteiger partial charge in [0, 0.05) is 19.1 Å². The molecule has 0 saturated carbocycles. The summed E-state index contributed by atoms with van der Waals surface area (Å²) < 4.78 is 0. The fourth-order valence-electron chi connectivity index (χ4n) is 2.85. The van der Waals surface area contributed by atoms with Gasteiger partial charge in [-0.25, -0.2) is 0 Å². The molecular weight excluding hydrogens is 220 g/mol. The maximum absolute atomic E-state index is 6.23. The molecule has 2 aliphatic rings. The molecule has 16 heavy (non-hydrogen) atoms. The van der Waals surface area contributed by atoms with Gasteiger partial charge in [0.2, 0.25) is 0 Å². The first kappa shape index (κ1) is 10.3. The highest BCUT2D eigenvalue weighted by molar-refractivity contribution is 6.34. The Kier molecular flexibility index (Phi) is 2.68. The standard InChI is InChI=1S/C13H17ClN2/c14-11-6-4-7-12-13(11)15-9-10-5-2-1-3-8-16(10)12/h4,6-7,10,15H,1-3,5,8-9H2. The number of para-hydroxylation sites is 1. The lowest BCUT2D eigenvalue weighted by molar-refractivity contribution is 0.583. The molecule has 1 saturated heterocycles. The molecule has 3 rings (SSSR count). The second-order valence-electron chi connectivity index (χ2n) is 4.71. The van der Waals surface area contributed by atoms with Gasteiger partial charge in [0.25, 0.3) is 0 Å². The minimum Gasteiger partial charge on any atom is -0.380 e. The lowest BCUT2D eigenvalue weighted by atomic mass is 10.1. The Morgan fingerprint density at radius 1 is 1.25 bits per heavy atom. The number of halogens is 1. The smallest absolute Gasteiger partial charge is 0.0768 e. The van der Waals surface area contributed by atoms with Crippen LogP contribution in [0.1, 0.15) is 25.7 Å². The monoisotopic (exact) mass is 236 g/mol. The molecule has 0 amide bonds. The van der Waals surface area contributed by atoms with Crippen LogP contribution in [-0.2, 0) is 0 Å². The van der Waals surface area contributed by atoms with Crippen LogP contribution in [0.3, 0.4) is 0 Å². The summed E-state index contributed by atoms with van der Waals surface area (Å²) in [6.45, 7) is 2.22. The number of anilines is 2. The zero-order valence-electron chi connectivity index (χ0n) is 9.38. The van der Waals surface area contributed by atoms with Crippen LogP contribution in [0.5, 0.6) is 0 Å². The van der Waals surface area contributed by atoms with Crippen molar-refractivity contribution in [1.82, 2.24) is 0 Å². The third-order valence-electron chi connectivity index (χ3n) is 3.69. The van der Waals surface area contributed by atoms with Crippen LogP contribution in [0.4, 0.5) is 11.4 Å². The summed E-state index contributed by atoms with van der Waals surface area (Å²) >= 11 is 6.23. The van der Waals surface area contributed by atoms with Crippen LogP contribution < -0.4 is 10.2 Å². The molecule has 0 radical (unpaired) electrons. The normalized spacial score (nSPS) is 24.1. The Bertz CT molecular complexity index is 392. The molecule has 1 aromatic rings. The van der Waals surface area contributed by atoms with Crippen molar-refractivity contribution in [3.63, 3.8) is 0 Å². The second-order valence-corrected chi connectivity index (χ2v) is 5.12. The lowest BCUT2D eigenvalue weighted by Crippen LogP contribution is -2.43. The second kappa shape index (κ2) is 4.17. The van der Waals surface area contributed by atoms with Gasteiger partial charge >= 0.3 is 0 Å². The highest BCUT2D eigenvalue weighted by atomic mass is 35.5. The van der Waals surface area contributed by atoms with Crippen LogP contribution in [0.25, 0.3) is 0 Å². The first-order chi connectivity index (χ1) is 7.86. The zero-order chi connectivity index (χ0) is 11.0. The molecule has 0 bridgehead atoms. The van der Waals surface area contributed by atoms with Gasteiger partial charge < -0.3 is 10.2 Å². The fourth-order valence-corrected chi connectivity index (χ4v) is 3.09. The van der Waals surface area contributed by atoms with Crippen molar-refractivity contribution in [3.8, 4) is 0 Å². The van der Waals surface area contributed by atoms with Crippen molar-refractivity contribution in [2.45, 2.75) is 31.7 Å². The summed E-state index contributed by atoms with van der Waals surface area (Å²) in [7, 11) is 0. The van der Waals surface area contributed by atoms with Crippen LogP contribution in [0.15, 0.2) is 18.2 Å². The Morgan fingerprint density at radius 2 is 2.19 bits per heavy atom. The average molecular weight is 237 g/mol. The first-order valence-corrected chi connectivity index (χ1v) is 6.53. The van der Waals surface area contributed by atoms with E-state index in [4.69, 9.17) is 11.6 Å². The molecule has 0 aliphatic carbocycles. The minimum atomic E-state index is 0.661. The van der Waals surface area contributed by atoms with Crippen molar-refractivity contribution in [2.75, 3.05) is 23.3 Å². The number of hydrogen-bond acceptors (Lipinski definition) is 2. The van der Waals surface area contributed by atoms with E-state index < -0.39 is 0 Å². The van der Waals surface area contributed by atoms with Crippen molar-refractivity contribution < 1.29 is 0 Å². The van der Waals surface area contributed by atoms with E-state index in [-0.39, 0.29) is 0 Å². The average Bonchev–Trinajstić information content (AvgIpc) is 2.54. The SMILES string of the molecule is Clc1cccc2c1NCC1CCCCCN21. The Hall–Kier alpha value is -0.890. The number of nitrogens with zero attached hydrogens (tertiary/aromatic N) is 1. The lowest BCUT2D eigenvalue weighted by Gasteiger charge is -2.38. The zero-order valence-corrected chi connectivity index (χ0v) is 10.1. The molecule has 1 N–H and O–H groups in total. The maximum Gasteiger partial charge on any atom is 0.0768 e. The van der Waals surface area contributed by atoms with Gasteiger partial charge in [-0.2, -0.15) is 0 Å². The summed E-state index contributed by atoms with van der Waals surface area (Å²) in [5.41, 5.74) is 2.42. The molecule has 1 fully saturated rings. The van der Waals surface area contributed by atoms with Crippen molar-refractivity contribution in [1.29, 1.82) is 0 Å². The summed E-state index contributed by atoms with van der Waals surface area (Å²) in [6, 6.07) is 6.86. The molecule has 1 atom stereocenters. The third-order valence-corrected chi connectivity index (χ3v) is 4.01. The number of nitrogens with one attached hydrogen (secondary N) is 1. The minimum absolute atomic E-state index is 0.661. The van der Waals surface area contributed by atoms with E-state index in [1.54, 1.807) is 0 Å². The first-order valence-electron chi connectivity index (χ1n) is 6.15. The summed E-state index contributed by atoms with van der Waals surface area (Å²) in [4.78, 5) is 2.55. The highest BCUT2D eigenvalue weighted by Crippen LogP contribution is 2.38. The predicted octanol–water partition coefficient (Wildman–Crippen LogP) is 3.51. The molecule has 2 aliphatic heterocycles. The Morgan fingerprint density at radius 3 is 3.12 bits per heavy atom. The molecular formula is C13H17ClN2. The Labute approximate surface area is 102 Å². The van der Waals surface area contributed by atoms with Crippen molar-refractivity contribution >= 4 is 23.0 Å². The van der Waals surface area contributed by atoms with Gasteiger partial charge in [0.1, 0.15) is 0 Å². The topological polar surface area (TPSA) is 15.3 Å². The largest absolute Gasteiger partial charge is 0.380 e. The quantitative estimate of drug-likeness (QED) is 0.742. The Balaban J connectivity index is 2.00. The van der Waals surface area contributed by atoms with Gasteiger partial charge in [-0.05, 0) is 25.0 Å². The van der Waals surface area contributed by atoms with Gasteiger partial charge in [0.05, 0.1) is 16.4 Å². The number of fused-ring (bicyclic) bond motifs is 3. The van der Waals surface area contributed by atoms with Gasteiger partial charge in [0.15, 0.2) is 0 Å². The molecule has 1 unspecified atom stereocenters. The predicted molar refractivity (Wildman–Crippen MR) is 69.5 cm³/mol. The number of rotatable bonds is 0. The molecule has 86 valence electrons. The van der Waals surface area contributed by atoms with Crippen molar-refractivity contribution in [3.05, 3.63) is 23.2 Å². The van der Waals surface area contributed by atoms with Crippen LogP contribution in [0, 0.1) is 0 Å². The van der Waals surface area contributed by atoms with Gasteiger partial charge in [-0.15, -0.1) is 0 Å². The molecule has 2 nitrogen and oxygen atoms in total. The fraction of sp³-hybridized carbons (Fsp3) is 0.538. The molecule has 2 heterocycles. The summed E-state index contributed by atoms with van der Waals surface area (Å²) in [5, 5.41) is 4.33. The number of hydrogen-bond donors (Lipinski definition) is 1. The van der Waals surface area contributed by atoms with Gasteiger partial charge in [-0.3, -0.25) is 0 Å². The molecule has 3 heteroatoms. The highest BCUT2D eigenvalue weighted by Gasteiger charge is 2.27. The van der Waals surface area contributed by atoms with E-state index in [0.29, 0.717) is 6.04 Å². The summed E-state index contributed by atoms with van der Waals surface area (Å²) in [6.07, 6.45) is 5.34. The maximum atomic E-state index is 6.23. The van der Waals surface area contributed by atoms with Crippen molar-refractivity contribution in [2.24, 2.45) is 0 Å². The molecule has 0 aromatic heterocycles. The van der Waals surface area contributed by atoms with E-state index in [1.807, 2.05) is 6.07 Å². The van der Waals surface area contributed by atoms with Gasteiger partial charge in [-0.1, -0.05) is 30.5 Å². The molecule has 0 spiro atoms. The van der Waals surface area contributed by atoms with Crippen LogP contribution in [-0.4, -0.2) is 19.1 Å². The third kappa shape index (κ3) is 1.65. The van der Waals surface area contributed by atoms with Crippen LogP contribution >= 0.6 is 11.6 Å². The van der Waals surface area contributed by atoms with E-state index in [0.717, 1.165) is 17.3 Å². The van der Waals surface area contributed by atoms with E-state index in [1.165, 1.54) is 37.9 Å². The molecule has 1 aromatic carbocycles. The van der Waals surface area contributed by atoms with E-state index >= 15 is 0 Å². The number of benzene rings is 1. The van der Waals surface area contributed by atoms with E-state index in [2.05, 4.69) is 22.3 Å². The van der Waals surface area contributed by atoms with Crippen LogP contribution in [0.2, 0.25) is 5.02 Å².